The van der Waals surface area contributed by atoms with Crippen molar-refractivity contribution in [1.82, 2.24) is 0 Å². The van der Waals surface area contributed by atoms with Gasteiger partial charge in [-0.15, -0.1) is 0 Å². The third kappa shape index (κ3) is 18.3. The standard InChI is InChI=1S/C33H78O11Si7/c1-45(2,3)35-22-24-26(28(41-48(10,11)12)30(32(34)37-24)43-50(16,17)18)39-33-31(44-51(19,20)21)29(42-49(13,14)15)27(40-47(7,8)9)25(38-33)23-36-46(4,5)6/h24-34H,22-23H2,1-21H3/t24-,25-,26+,27+,28+,29+,30-,31-,32+,33+/m1/s1. The van der Waals surface area contributed by atoms with Gasteiger partial charge in [0.1, 0.15) is 48.8 Å². The molecular formula is C33H78O11Si7. The summed E-state index contributed by atoms with van der Waals surface area (Å²) in [6.45, 7) is 45.9. The largest absolute Gasteiger partial charge is 0.415 e. The molecule has 0 unspecified atom stereocenters. The number of aliphatic hydroxyl groups is 1. The molecule has 2 heterocycles. The lowest BCUT2D eigenvalue weighted by molar-refractivity contribution is -0.346. The van der Waals surface area contributed by atoms with E-state index in [2.05, 4.69) is 137 Å². The smallest absolute Gasteiger partial charge is 0.186 e. The predicted octanol–water partition coefficient (Wildman–Crippen LogP) is 7.62. The van der Waals surface area contributed by atoms with Crippen LogP contribution in [0.5, 0.6) is 0 Å². The molecule has 2 rings (SSSR count). The van der Waals surface area contributed by atoms with Gasteiger partial charge in [0, 0.05) is 0 Å². The Morgan fingerprint density at radius 1 is 0.373 bits per heavy atom. The zero-order chi connectivity index (χ0) is 39.8. The van der Waals surface area contributed by atoms with Crippen LogP contribution in [0.4, 0.5) is 0 Å². The van der Waals surface area contributed by atoms with Crippen LogP contribution in [0.15, 0.2) is 0 Å². The van der Waals surface area contributed by atoms with Crippen molar-refractivity contribution in [2.24, 2.45) is 0 Å². The summed E-state index contributed by atoms with van der Waals surface area (Å²) in [6.07, 6.45) is -6.86. The fourth-order valence-corrected chi connectivity index (χ4v) is 12.6. The molecule has 304 valence electrons. The van der Waals surface area contributed by atoms with Gasteiger partial charge >= 0.3 is 0 Å². The second kappa shape index (κ2) is 17.7. The van der Waals surface area contributed by atoms with Crippen LogP contribution in [0, 0.1) is 0 Å². The minimum Gasteiger partial charge on any atom is -0.415 e. The molecule has 2 aliphatic heterocycles. The zero-order valence-electron chi connectivity index (χ0n) is 36.2. The molecule has 0 spiro atoms. The summed E-state index contributed by atoms with van der Waals surface area (Å²) in [5.41, 5.74) is 0. The van der Waals surface area contributed by atoms with Crippen molar-refractivity contribution < 1.29 is 50.3 Å². The fraction of sp³-hybridized carbons (Fsp3) is 1.00. The molecule has 11 nitrogen and oxygen atoms in total. The Kier molecular flexibility index (Phi) is 16.7. The van der Waals surface area contributed by atoms with Gasteiger partial charge in [-0.3, -0.25) is 0 Å². The van der Waals surface area contributed by atoms with E-state index < -0.39 is 120 Å². The van der Waals surface area contributed by atoms with Crippen LogP contribution in [0.2, 0.25) is 137 Å². The number of hydrogen-bond acceptors (Lipinski definition) is 11. The maximum absolute atomic E-state index is 11.5. The van der Waals surface area contributed by atoms with E-state index in [9.17, 15) is 5.11 Å². The van der Waals surface area contributed by atoms with Crippen LogP contribution in [-0.4, -0.2) is 138 Å². The second-order valence-electron chi connectivity index (χ2n) is 21.0. The van der Waals surface area contributed by atoms with Crippen molar-refractivity contribution in [1.29, 1.82) is 0 Å². The molecule has 0 radical (unpaired) electrons. The third-order valence-corrected chi connectivity index (χ3v) is 14.3. The monoisotopic (exact) mass is 846 g/mol. The molecule has 2 saturated heterocycles. The van der Waals surface area contributed by atoms with E-state index in [4.69, 9.17) is 45.2 Å². The van der Waals surface area contributed by atoms with Gasteiger partial charge in [0.2, 0.25) is 0 Å². The van der Waals surface area contributed by atoms with E-state index >= 15 is 0 Å². The van der Waals surface area contributed by atoms with Crippen molar-refractivity contribution in [3.8, 4) is 0 Å². The lowest BCUT2D eigenvalue weighted by atomic mass is 9.97. The van der Waals surface area contributed by atoms with E-state index in [1.807, 2.05) is 0 Å². The van der Waals surface area contributed by atoms with Crippen molar-refractivity contribution in [3.05, 3.63) is 0 Å². The maximum Gasteiger partial charge on any atom is 0.186 e. The Labute approximate surface area is 319 Å². The van der Waals surface area contributed by atoms with Crippen molar-refractivity contribution in [2.45, 2.75) is 199 Å². The average Bonchev–Trinajstić information content (AvgIpc) is 2.84. The first-order valence-corrected chi connectivity index (χ1v) is 42.7. The minimum atomic E-state index is -2.23. The van der Waals surface area contributed by atoms with Crippen LogP contribution in [0.3, 0.4) is 0 Å². The molecule has 0 aromatic rings. The van der Waals surface area contributed by atoms with Gasteiger partial charge < -0.3 is 50.3 Å². The van der Waals surface area contributed by atoms with Crippen LogP contribution in [-0.2, 0) is 45.2 Å². The van der Waals surface area contributed by atoms with Gasteiger partial charge in [-0.1, -0.05) is 0 Å². The van der Waals surface area contributed by atoms with Crippen LogP contribution >= 0.6 is 0 Å². The van der Waals surface area contributed by atoms with Crippen LogP contribution < -0.4 is 0 Å². The first-order valence-electron chi connectivity index (χ1n) is 18.8. The Morgan fingerprint density at radius 3 is 1.06 bits per heavy atom. The van der Waals surface area contributed by atoms with Crippen molar-refractivity contribution in [2.75, 3.05) is 13.2 Å². The predicted molar refractivity (Wildman–Crippen MR) is 224 cm³/mol. The summed E-state index contributed by atoms with van der Waals surface area (Å²) in [5, 5.41) is 11.5. The molecule has 10 atom stereocenters. The summed E-state index contributed by atoms with van der Waals surface area (Å²) in [6, 6.07) is 0. The SMILES string of the molecule is C[Si](C)(C)OC[C@H]1O[C@H](O)[C@H](O[Si](C)(C)C)[C@@H](O[Si](C)(C)C)[C@H]1O[C@@H]1O[C@H](CO[Si](C)(C)C)[C@H](O[Si](C)(C)C)[C@H](O[Si](C)(C)C)[C@H]1O[Si](C)(C)C. The molecule has 18 heteroatoms. The zero-order valence-corrected chi connectivity index (χ0v) is 43.2. The van der Waals surface area contributed by atoms with Gasteiger partial charge in [0.15, 0.2) is 70.8 Å². The number of hydrogen-bond donors (Lipinski definition) is 1. The number of aliphatic hydroxyl groups excluding tert-OH is 1. The Hall–Kier alpha value is 1.08. The van der Waals surface area contributed by atoms with Crippen molar-refractivity contribution >= 4 is 58.2 Å². The number of ether oxygens (including phenoxy) is 3. The molecule has 0 aromatic heterocycles. The van der Waals surface area contributed by atoms with Gasteiger partial charge in [0.25, 0.3) is 0 Å². The van der Waals surface area contributed by atoms with E-state index in [1.165, 1.54) is 0 Å². The van der Waals surface area contributed by atoms with Crippen molar-refractivity contribution in [3.63, 3.8) is 0 Å². The quantitative estimate of drug-likeness (QED) is 0.138. The van der Waals surface area contributed by atoms with Gasteiger partial charge in [-0.2, -0.15) is 0 Å². The normalized spacial score (nSPS) is 32.4. The highest BCUT2D eigenvalue weighted by molar-refractivity contribution is 6.72. The van der Waals surface area contributed by atoms with Gasteiger partial charge in [-0.25, -0.2) is 0 Å². The molecule has 0 saturated carbocycles. The molecule has 0 aromatic carbocycles. The lowest BCUT2D eigenvalue weighted by Gasteiger charge is -2.53. The molecule has 0 bridgehead atoms. The van der Waals surface area contributed by atoms with E-state index in [-0.39, 0.29) is 6.61 Å². The lowest BCUT2D eigenvalue weighted by Crippen LogP contribution is -2.69. The Morgan fingerprint density at radius 2 is 0.686 bits per heavy atom. The number of rotatable bonds is 18. The minimum absolute atomic E-state index is 0.229. The van der Waals surface area contributed by atoms with E-state index in [0.717, 1.165) is 0 Å². The highest BCUT2D eigenvalue weighted by Crippen LogP contribution is 2.38. The Bertz CT molecular complexity index is 1070. The molecule has 0 aliphatic carbocycles. The highest BCUT2D eigenvalue weighted by atomic mass is 28.4. The van der Waals surface area contributed by atoms with E-state index in [1.54, 1.807) is 0 Å². The molecule has 1 N–H and O–H groups in total. The maximum atomic E-state index is 11.5. The molecule has 2 aliphatic rings. The topological polar surface area (TPSA) is 113 Å². The molecule has 2 fully saturated rings. The third-order valence-electron chi connectivity index (χ3n) is 7.30. The molecular weight excluding hydrogens is 769 g/mol. The average molecular weight is 848 g/mol. The summed E-state index contributed by atoms with van der Waals surface area (Å²) < 4.78 is 68.5. The van der Waals surface area contributed by atoms with Gasteiger partial charge in [-0.05, 0) is 137 Å². The van der Waals surface area contributed by atoms with Gasteiger partial charge in [0.05, 0.1) is 13.2 Å². The summed E-state index contributed by atoms with van der Waals surface area (Å²) in [7, 11) is -14.9. The van der Waals surface area contributed by atoms with Crippen LogP contribution in [0.1, 0.15) is 0 Å². The first kappa shape index (κ1) is 48.2. The highest BCUT2D eigenvalue weighted by Gasteiger charge is 2.56. The first-order chi connectivity index (χ1) is 22.5. The Balaban J connectivity index is 2.83. The molecule has 51 heavy (non-hydrogen) atoms. The molecule has 0 amide bonds. The summed E-state index contributed by atoms with van der Waals surface area (Å²) >= 11 is 0. The summed E-state index contributed by atoms with van der Waals surface area (Å²) in [5.74, 6) is 0. The second-order valence-corrected chi connectivity index (χ2v) is 52.4. The van der Waals surface area contributed by atoms with E-state index in [0.29, 0.717) is 6.61 Å². The summed E-state index contributed by atoms with van der Waals surface area (Å²) in [4.78, 5) is 0. The van der Waals surface area contributed by atoms with Crippen LogP contribution in [0.25, 0.3) is 0 Å². The fourth-order valence-electron chi connectivity index (χ4n) is 5.84.